The van der Waals surface area contributed by atoms with E-state index < -0.39 is 0 Å². The SMILES string of the molecule is Cc1cc2c3c(c1)N(c1ccc(C(C)(C)C)cc1)c1c(oc4c1C(C)(C)CCC4(C)C)B3C1=C(C3=C(C[C@H]1C)C(C)(C)CCC3(C)C)N2c1ccc(C(C)(C)C)cc1C1C=CC=CC1. The van der Waals surface area contributed by atoms with Crippen molar-refractivity contribution in [1.29, 1.82) is 0 Å². The molecule has 0 spiro atoms. The van der Waals surface area contributed by atoms with Gasteiger partial charge < -0.3 is 14.2 Å². The van der Waals surface area contributed by atoms with E-state index >= 15 is 0 Å². The van der Waals surface area contributed by atoms with Gasteiger partial charge in [-0.25, -0.2) is 0 Å². The molecule has 4 aliphatic carbocycles. The minimum Gasteiger partial charge on any atom is -0.472 e. The van der Waals surface area contributed by atoms with Crippen LogP contribution in [-0.4, -0.2) is 6.71 Å². The number of nitrogens with zero attached hydrogens (tertiary/aromatic N) is 2. The van der Waals surface area contributed by atoms with Crippen molar-refractivity contribution in [3.63, 3.8) is 0 Å². The summed E-state index contributed by atoms with van der Waals surface area (Å²) >= 11 is 0. The molecule has 0 fully saturated rings. The fourth-order valence-electron chi connectivity index (χ4n) is 12.8. The summed E-state index contributed by atoms with van der Waals surface area (Å²) in [7, 11) is 0. The number of allylic oxidation sites excluding steroid dienone is 7. The molecule has 4 aromatic rings. The molecule has 0 saturated heterocycles. The Morgan fingerprint density at radius 2 is 1.28 bits per heavy atom. The molecule has 2 atom stereocenters. The Morgan fingerprint density at radius 1 is 0.672 bits per heavy atom. The molecule has 0 amide bonds. The standard InChI is InChI=1S/C60H75BN2O/c1-36-32-45-50-46(33-36)63(44-27-24-40(56(6,7)8)35-42(44)38-20-18-17-19-21-38)51-47-43(57(9,10)28-29-58(47,11)12)34-37(2)49(51)61(50)54-52(48-53(64-54)60(15,16)31-30-59(48,13)14)62(45)41-25-22-39(23-26-41)55(3,4)5/h17-20,22-27,32-33,35,37-38H,21,28-31,34H2,1-16H3/t37-,38?/m1/s1. The van der Waals surface area contributed by atoms with Gasteiger partial charge in [-0.2, -0.15) is 0 Å². The first-order valence-corrected chi connectivity index (χ1v) is 24.8. The molecule has 3 aromatic carbocycles. The minimum atomic E-state index is -0.0816. The summed E-state index contributed by atoms with van der Waals surface area (Å²) in [4.78, 5) is 5.48. The fourth-order valence-corrected chi connectivity index (χ4v) is 12.8. The van der Waals surface area contributed by atoms with E-state index in [4.69, 9.17) is 4.42 Å². The molecule has 0 saturated carbocycles. The van der Waals surface area contributed by atoms with Gasteiger partial charge in [0.05, 0.1) is 11.3 Å². The van der Waals surface area contributed by atoms with Crippen LogP contribution in [-0.2, 0) is 21.7 Å². The smallest absolute Gasteiger partial charge is 0.293 e. The molecule has 0 N–H and O–H groups in total. The lowest BCUT2D eigenvalue weighted by molar-refractivity contribution is 0.249. The topological polar surface area (TPSA) is 19.6 Å². The van der Waals surface area contributed by atoms with E-state index in [0.717, 1.165) is 31.3 Å². The number of hydrogen-bond acceptors (Lipinski definition) is 3. The fraction of sp³-hybridized carbons (Fsp3) is 0.500. The van der Waals surface area contributed by atoms with Crippen LogP contribution in [0.5, 0.6) is 0 Å². The Hall–Kier alpha value is -4.44. The van der Waals surface area contributed by atoms with Crippen LogP contribution < -0.4 is 20.9 Å². The normalized spacial score (nSPS) is 23.7. The maximum Gasteiger partial charge on any atom is 0.293 e. The third-order valence-electron chi connectivity index (χ3n) is 16.9. The molecule has 3 nitrogen and oxygen atoms in total. The number of benzene rings is 3. The van der Waals surface area contributed by atoms with E-state index in [1.165, 1.54) is 86.0 Å². The zero-order chi connectivity index (χ0) is 45.8. The molecule has 0 radical (unpaired) electrons. The van der Waals surface area contributed by atoms with Crippen molar-refractivity contribution in [3.8, 4) is 0 Å². The van der Waals surface area contributed by atoms with E-state index in [1.54, 1.807) is 16.6 Å². The van der Waals surface area contributed by atoms with Gasteiger partial charge in [0.1, 0.15) is 5.76 Å². The van der Waals surface area contributed by atoms with Gasteiger partial charge in [-0.05, 0) is 142 Å². The average molecular weight is 851 g/mol. The van der Waals surface area contributed by atoms with E-state index in [2.05, 4.69) is 199 Å². The molecule has 334 valence electrons. The molecule has 10 rings (SSSR count). The number of anilines is 5. The molecule has 6 aliphatic rings. The monoisotopic (exact) mass is 851 g/mol. The van der Waals surface area contributed by atoms with Gasteiger partial charge >= 0.3 is 0 Å². The lowest BCUT2D eigenvalue weighted by atomic mass is 9.31. The highest BCUT2D eigenvalue weighted by molar-refractivity contribution is 6.94. The molecule has 64 heavy (non-hydrogen) atoms. The van der Waals surface area contributed by atoms with Crippen LogP contribution in [0.3, 0.4) is 0 Å². The Kier molecular flexibility index (Phi) is 9.53. The predicted octanol–water partition coefficient (Wildman–Crippen LogP) is 15.7. The lowest BCUT2D eigenvalue weighted by Crippen LogP contribution is -2.58. The van der Waals surface area contributed by atoms with Crippen LogP contribution >= 0.6 is 0 Å². The van der Waals surface area contributed by atoms with Gasteiger partial charge in [-0.15, -0.1) is 0 Å². The van der Waals surface area contributed by atoms with Crippen LogP contribution in [0.4, 0.5) is 28.4 Å². The van der Waals surface area contributed by atoms with Crippen molar-refractivity contribution < 1.29 is 4.42 Å². The molecule has 2 aliphatic heterocycles. The predicted molar refractivity (Wildman–Crippen MR) is 275 cm³/mol. The van der Waals surface area contributed by atoms with Gasteiger partial charge in [0.25, 0.3) is 6.71 Å². The van der Waals surface area contributed by atoms with Gasteiger partial charge in [0, 0.05) is 45.3 Å². The lowest BCUT2D eigenvalue weighted by Gasteiger charge is -2.54. The second-order valence-electron chi connectivity index (χ2n) is 25.6. The molecule has 4 heteroatoms. The summed E-state index contributed by atoms with van der Waals surface area (Å²) in [5.41, 5.74) is 22.2. The van der Waals surface area contributed by atoms with Crippen LogP contribution in [0, 0.1) is 23.7 Å². The van der Waals surface area contributed by atoms with Crippen molar-refractivity contribution in [2.75, 3.05) is 9.80 Å². The first-order chi connectivity index (χ1) is 29.8. The summed E-state index contributed by atoms with van der Waals surface area (Å²) < 4.78 is 7.80. The van der Waals surface area contributed by atoms with Crippen LogP contribution in [0.15, 0.2) is 106 Å². The van der Waals surface area contributed by atoms with Crippen LogP contribution in [0.2, 0.25) is 0 Å². The highest BCUT2D eigenvalue weighted by Crippen LogP contribution is 2.62. The molecule has 3 heterocycles. The molecule has 1 aromatic heterocycles. The Balaban J connectivity index is 1.37. The van der Waals surface area contributed by atoms with Crippen molar-refractivity contribution in [3.05, 3.63) is 135 Å². The summed E-state index contributed by atoms with van der Waals surface area (Å²) in [6.45, 7) is 38.9. The van der Waals surface area contributed by atoms with Crippen LogP contribution in [0.25, 0.3) is 0 Å². The maximum atomic E-state index is 7.80. The van der Waals surface area contributed by atoms with Crippen molar-refractivity contribution in [2.45, 2.75) is 177 Å². The van der Waals surface area contributed by atoms with E-state index in [-0.39, 0.29) is 45.1 Å². The highest BCUT2D eigenvalue weighted by Gasteiger charge is 2.57. The van der Waals surface area contributed by atoms with Gasteiger partial charge in [0.2, 0.25) is 0 Å². The third-order valence-corrected chi connectivity index (χ3v) is 16.9. The zero-order valence-electron chi connectivity index (χ0n) is 42.3. The number of furan rings is 1. The van der Waals surface area contributed by atoms with Gasteiger partial charge in [-0.3, -0.25) is 0 Å². The summed E-state index contributed by atoms with van der Waals surface area (Å²) in [6, 6.07) is 22.1. The van der Waals surface area contributed by atoms with Crippen molar-refractivity contribution in [1.82, 2.24) is 0 Å². The molecular formula is C60H75BN2O. The van der Waals surface area contributed by atoms with Gasteiger partial charge in [-0.1, -0.05) is 163 Å². The number of rotatable bonds is 3. The average Bonchev–Trinajstić information content (AvgIpc) is 3.64. The largest absolute Gasteiger partial charge is 0.472 e. The number of aryl methyl sites for hydroxylation is 1. The first kappa shape index (κ1) is 43.5. The second kappa shape index (κ2) is 14.0. The number of fused-ring (bicyclic) bond motifs is 6. The summed E-state index contributed by atoms with van der Waals surface area (Å²) in [6.07, 6.45) is 16.0. The maximum absolute atomic E-state index is 7.80. The van der Waals surface area contributed by atoms with E-state index in [1.807, 2.05) is 0 Å². The Labute approximate surface area is 387 Å². The Morgan fingerprint density at radius 3 is 1.92 bits per heavy atom. The summed E-state index contributed by atoms with van der Waals surface area (Å²) in [5, 5.41) is 0. The highest BCUT2D eigenvalue weighted by atomic mass is 16.3. The number of hydrogen-bond donors (Lipinski definition) is 0. The quantitative estimate of drug-likeness (QED) is 0.192. The summed E-state index contributed by atoms with van der Waals surface area (Å²) in [5.74, 6) is 1.79. The molecular weight excluding hydrogens is 775 g/mol. The third kappa shape index (κ3) is 6.48. The molecule has 0 bridgehead atoms. The van der Waals surface area contributed by atoms with E-state index in [0.29, 0.717) is 5.92 Å². The van der Waals surface area contributed by atoms with Crippen LogP contribution in [0.1, 0.15) is 182 Å². The van der Waals surface area contributed by atoms with Crippen molar-refractivity contribution >= 4 is 46.3 Å². The zero-order valence-corrected chi connectivity index (χ0v) is 42.3. The van der Waals surface area contributed by atoms with Gasteiger partial charge in [0.15, 0.2) is 0 Å². The first-order valence-electron chi connectivity index (χ1n) is 24.8. The minimum absolute atomic E-state index is 0.00229. The van der Waals surface area contributed by atoms with Crippen molar-refractivity contribution in [2.24, 2.45) is 16.7 Å². The molecule has 1 unspecified atom stereocenters. The second-order valence-corrected chi connectivity index (χ2v) is 25.6. The van der Waals surface area contributed by atoms with E-state index in [9.17, 15) is 0 Å². The Bertz CT molecular complexity index is 2730.